The van der Waals surface area contributed by atoms with Crippen molar-refractivity contribution in [3.63, 3.8) is 0 Å². The first-order valence-corrected chi connectivity index (χ1v) is 6.25. The molecule has 0 saturated carbocycles. The van der Waals surface area contributed by atoms with Gasteiger partial charge in [-0.25, -0.2) is 8.78 Å². The van der Waals surface area contributed by atoms with Gasteiger partial charge in [0, 0.05) is 17.7 Å². The Kier molecular flexibility index (Phi) is 8.26. The molecule has 9 heteroatoms. The van der Waals surface area contributed by atoms with Gasteiger partial charge in [-0.3, -0.25) is 25.0 Å². The minimum Gasteiger partial charge on any atom is -0.298 e. The summed E-state index contributed by atoms with van der Waals surface area (Å²) in [6, 6.07) is 6.29. The van der Waals surface area contributed by atoms with Gasteiger partial charge in [0.1, 0.15) is 11.6 Å². The highest BCUT2D eigenvalue weighted by Gasteiger charge is 2.09. The molecule has 0 N–H and O–H groups in total. The Balaban J connectivity index is 0.000000443. The molecule has 2 aromatic carbocycles. The fourth-order valence-electron chi connectivity index (χ4n) is 1.52. The number of nitrogens with zero attached hydrogens (tertiary/aromatic N) is 2. The number of carbonyl (C=O) groups excluding carboxylic acids is 1. The molecule has 0 atom stereocenters. The molecule has 0 aliphatic carbocycles. The van der Waals surface area contributed by atoms with Crippen molar-refractivity contribution in [2.24, 2.45) is 0 Å². The Morgan fingerprint density at radius 1 is 0.880 bits per heavy atom. The summed E-state index contributed by atoms with van der Waals surface area (Å²) in [7, 11) is 0. The van der Waals surface area contributed by atoms with Crippen molar-refractivity contribution >= 4 is 23.7 Å². The summed E-state index contributed by atoms with van der Waals surface area (Å²) in [4.78, 5) is 29.0. The molecule has 0 heterocycles. The third-order valence-electron chi connectivity index (χ3n) is 2.74. The molecule has 0 aliphatic rings. The van der Waals surface area contributed by atoms with Gasteiger partial charge in [-0.05, 0) is 12.1 Å². The number of carbonyl (C=O) groups is 1. The SMILES string of the molecule is C.C=Cc1ccc([N+](=O)[O-])cc1F.O=Cc1ccc([N+](=O)[O-])cc1F. The first kappa shape index (κ1) is 21.5. The second-order valence-corrected chi connectivity index (χ2v) is 4.25. The van der Waals surface area contributed by atoms with Crippen LogP contribution in [0.1, 0.15) is 23.3 Å². The lowest BCUT2D eigenvalue weighted by Crippen LogP contribution is -1.92. The van der Waals surface area contributed by atoms with E-state index in [1.165, 1.54) is 18.2 Å². The number of nitro benzene ring substituents is 2. The molecule has 0 aromatic heterocycles. The number of non-ortho nitro benzene ring substituents is 2. The van der Waals surface area contributed by atoms with Gasteiger partial charge in [0.05, 0.1) is 27.5 Å². The Labute approximate surface area is 141 Å². The van der Waals surface area contributed by atoms with Crippen LogP contribution in [0.4, 0.5) is 20.2 Å². The van der Waals surface area contributed by atoms with Crippen LogP contribution < -0.4 is 0 Å². The van der Waals surface area contributed by atoms with Crippen molar-refractivity contribution in [3.8, 4) is 0 Å². The molecule has 0 bridgehead atoms. The second-order valence-electron chi connectivity index (χ2n) is 4.25. The predicted octanol–water partition coefficient (Wildman–Crippen LogP) is 4.56. The van der Waals surface area contributed by atoms with Gasteiger partial charge < -0.3 is 0 Å². The maximum absolute atomic E-state index is 12.8. The highest BCUT2D eigenvalue weighted by Crippen LogP contribution is 2.17. The van der Waals surface area contributed by atoms with Crippen molar-refractivity contribution in [2.75, 3.05) is 0 Å². The largest absolute Gasteiger partial charge is 0.298 e. The third kappa shape index (κ3) is 5.90. The average Bonchev–Trinajstić information content (AvgIpc) is 2.55. The van der Waals surface area contributed by atoms with Crippen LogP contribution in [0.5, 0.6) is 0 Å². The van der Waals surface area contributed by atoms with Crippen molar-refractivity contribution in [2.45, 2.75) is 7.43 Å². The second kappa shape index (κ2) is 9.60. The summed E-state index contributed by atoms with van der Waals surface area (Å²) in [5.41, 5.74) is -0.530. The van der Waals surface area contributed by atoms with E-state index in [4.69, 9.17) is 0 Å². The molecule has 2 rings (SSSR count). The molecule has 132 valence electrons. The van der Waals surface area contributed by atoms with Gasteiger partial charge >= 0.3 is 0 Å². The smallest absolute Gasteiger partial charge is 0.272 e. The van der Waals surface area contributed by atoms with E-state index in [0.717, 1.165) is 18.2 Å². The Morgan fingerprint density at radius 3 is 1.56 bits per heavy atom. The maximum Gasteiger partial charge on any atom is 0.272 e. The van der Waals surface area contributed by atoms with E-state index in [1.54, 1.807) is 0 Å². The lowest BCUT2D eigenvalue weighted by atomic mass is 10.2. The summed E-state index contributed by atoms with van der Waals surface area (Å²) in [5, 5.41) is 20.3. The molecular formula is C16H14F2N2O5. The molecule has 25 heavy (non-hydrogen) atoms. The number of aldehydes is 1. The summed E-state index contributed by atoms with van der Waals surface area (Å²) < 4.78 is 25.5. The van der Waals surface area contributed by atoms with E-state index in [2.05, 4.69) is 6.58 Å². The van der Waals surface area contributed by atoms with Crippen molar-refractivity contribution in [1.29, 1.82) is 0 Å². The lowest BCUT2D eigenvalue weighted by Gasteiger charge is -1.95. The fraction of sp³-hybridized carbons (Fsp3) is 0.0625. The zero-order valence-corrected chi connectivity index (χ0v) is 12.0. The van der Waals surface area contributed by atoms with Crippen LogP contribution in [-0.2, 0) is 0 Å². The zero-order chi connectivity index (χ0) is 18.3. The van der Waals surface area contributed by atoms with Crippen molar-refractivity contribution in [1.82, 2.24) is 0 Å². The third-order valence-corrected chi connectivity index (χ3v) is 2.74. The van der Waals surface area contributed by atoms with Gasteiger partial charge in [0.2, 0.25) is 0 Å². The number of hydrogen-bond acceptors (Lipinski definition) is 5. The van der Waals surface area contributed by atoms with E-state index in [-0.39, 0.29) is 29.9 Å². The molecule has 7 nitrogen and oxygen atoms in total. The molecule has 0 saturated heterocycles. The number of nitro groups is 2. The molecule has 0 amide bonds. The minimum atomic E-state index is -0.876. The fourth-order valence-corrected chi connectivity index (χ4v) is 1.52. The van der Waals surface area contributed by atoms with Gasteiger partial charge in [0.25, 0.3) is 11.4 Å². The average molecular weight is 352 g/mol. The van der Waals surface area contributed by atoms with Crippen LogP contribution in [-0.4, -0.2) is 16.1 Å². The number of benzene rings is 2. The van der Waals surface area contributed by atoms with Crippen LogP contribution in [0.15, 0.2) is 43.0 Å². The predicted molar refractivity (Wildman–Crippen MR) is 88.3 cm³/mol. The van der Waals surface area contributed by atoms with Crippen LogP contribution in [0.2, 0.25) is 0 Å². The highest BCUT2D eigenvalue weighted by atomic mass is 19.1. The molecule has 0 aliphatic heterocycles. The van der Waals surface area contributed by atoms with Gasteiger partial charge in [-0.1, -0.05) is 20.1 Å². The van der Waals surface area contributed by atoms with Gasteiger partial charge in [-0.2, -0.15) is 0 Å². The standard InChI is InChI=1S/C8H6FNO2.C7H4FNO3.CH4/c1-2-6-3-4-7(10(11)12)5-8(6)9;8-7-3-6(9(11)12)2-1-5(7)4-10;/h2-5H,1H2;1-4H;1H4. The number of halogens is 2. The van der Waals surface area contributed by atoms with Crippen LogP contribution >= 0.6 is 0 Å². The molecule has 0 spiro atoms. The zero-order valence-electron chi connectivity index (χ0n) is 12.0. The quantitative estimate of drug-likeness (QED) is 0.456. The van der Waals surface area contributed by atoms with E-state index in [9.17, 15) is 33.8 Å². The van der Waals surface area contributed by atoms with E-state index in [1.807, 2.05) is 0 Å². The summed E-state index contributed by atoms with van der Waals surface area (Å²) in [5.74, 6) is -1.50. The topological polar surface area (TPSA) is 103 Å². The summed E-state index contributed by atoms with van der Waals surface area (Å²) in [6.07, 6.45) is 1.61. The Bertz CT molecular complexity index is 742. The van der Waals surface area contributed by atoms with Crippen LogP contribution in [0.3, 0.4) is 0 Å². The first-order chi connectivity index (χ1) is 11.3. The lowest BCUT2D eigenvalue weighted by molar-refractivity contribution is -0.385. The molecular weight excluding hydrogens is 338 g/mol. The van der Waals surface area contributed by atoms with E-state index >= 15 is 0 Å². The van der Waals surface area contributed by atoms with E-state index < -0.39 is 21.5 Å². The normalized spacial score (nSPS) is 9.04. The van der Waals surface area contributed by atoms with Gasteiger partial charge in [0.15, 0.2) is 6.29 Å². The van der Waals surface area contributed by atoms with Crippen LogP contribution in [0.25, 0.3) is 6.08 Å². The summed E-state index contributed by atoms with van der Waals surface area (Å²) in [6.45, 7) is 3.36. The Hall–Kier alpha value is -3.49. The minimum absolute atomic E-state index is 0. The van der Waals surface area contributed by atoms with Crippen LogP contribution in [0, 0.1) is 31.9 Å². The highest BCUT2D eigenvalue weighted by molar-refractivity contribution is 5.75. The van der Waals surface area contributed by atoms with Gasteiger partial charge in [-0.15, -0.1) is 0 Å². The Morgan fingerprint density at radius 2 is 1.28 bits per heavy atom. The number of rotatable bonds is 4. The monoisotopic (exact) mass is 352 g/mol. The molecule has 0 radical (unpaired) electrons. The number of hydrogen-bond donors (Lipinski definition) is 0. The van der Waals surface area contributed by atoms with E-state index in [0.29, 0.717) is 12.4 Å². The van der Waals surface area contributed by atoms with Crippen molar-refractivity contribution < 1.29 is 23.4 Å². The molecule has 2 aromatic rings. The molecule has 0 unspecified atom stereocenters. The summed E-state index contributed by atoms with van der Waals surface area (Å²) >= 11 is 0. The first-order valence-electron chi connectivity index (χ1n) is 6.25. The maximum atomic E-state index is 12.8. The molecule has 0 fully saturated rings. The van der Waals surface area contributed by atoms with Crippen molar-refractivity contribution in [3.05, 3.63) is 86.0 Å².